The van der Waals surface area contributed by atoms with Gasteiger partial charge in [-0.2, -0.15) is 0 Å². The van der Waals surface area contributed by atoms with Crippen molar-refractivity contribution in [1.29, 1.82) is 0 Å². The lowest BCUT2D eigenvalue weighted by atomic mass is 10.0. The van der Waals surface area contributed by atoms with Gasteiger partial charge in [0, 0.05) is 24.9 Å². The molecule has 0 aliphatic rings. The molecule has 0 saturated carbocycles. The molecule has 0 spiro atoms. The van der Waals surface area contributed by atoms with Gasteiger partial charge in [-0.15, -0.1) is 0 Å². The van der Waals surface area contributed by atoms with Crippen molar-refractivity contribution in [3.8, 4) is 0 Å². The highest BCUT2D eigenvalue weighted by molar-refractivity contribution is 5.97. The number of carbonyl (C=O) groups excluding carboxylic acids is 2. The molecule has 6 heteroatoms. The lowest BCUT2D eigenvalue weighted by Gasteiger charge is -2.17. The van der Waals surface area contributed by atoms with Gasteiger partial charge < -0.3 is 10.4 Å². The van der Waals surface area contributed by atoms with Crippen LogP contribution in [0.3, 0.4) is 0 Å². The summed E-state index contributed by atoms with van der Waals surface area (Å²) in [6, 6.07) is 2.89. The molecule has 0 aromatic heterocycles. The molecule has 1 aromatic carbocycles. The highest BCUT2D eigenvalue weighted by atomic mass is 19.2. The van der Waals surface area contributed by atoms with Gasteiger partial charge in [-0.3, -0.25) is 9.59 Å². The maximum Gasteiger partial charge on any atom is 0.220 e. The Hall–Kier alpha value is -1.82. The molecule has 0 radical (unpaired) electrons. The molecular formula is C16H21F2NO3. The van der Waals surface area contributed by atoms with E-state index in [4.69, 9.17) is 0 Å². The van der Waals surface area contributed by atoms with E-state index in [9.17, 15) is 23.5 Å². The number of hydrogen-bond donors (Lipinski definition) is 2. The second-order valence-electron chi connectivity index (χ2n) is 5.31. The molecule has 2 N–H and O–H groups in total. The molecule has 0 fully saturated rings. The molecule has 1 amide bonds. The first-order valence-corrected chi connectivity index (χ1v) is 7.28. The Labute approximate surface area is 128 Å². The van der Waals surface area contributed by atoms with Crippen LogP contribution in [0.4, 0.5) is 8.78 Å². The zero-order valence-corrected chi connectivity index (χ0v) is 12.7. The SMILES string of the molecule is CCC(C)C(O)CNC(=O)CCC(=O)c1ccc(F)c(F)c1. The third-order valence-corrected chi connectivity index (χ3v) is 3.63. The minimum Gasteiger partial charge on any atom is -0.391 e. The van der Waals surface area contributed by atoms with Gasteiger partial charge >= 0.3 is 0 Å². The molecule has 1 aromatic rings. The molecule has 0 saturated heterocycles. The van der Waals surface area contributed by atoms with Crippen molar-refractivity contribution >= 4 is 11.7 Å². The summed E-state index contributed by atoms with van der Waals surface area (Å²) in [7, 11) is 0. The quantitative estimate of drug-likeness (QED) is 0.725. The summed E-state index contributed by atoms with van der Waals surface area (Å²) in [5, 5.41) is 12.3. The average Bonchev–Trinajstić information content (AvgIpc) is 2.51. The fourth-order valence-electron chi connectivity index (χ4n) is 1.82. The van der Waals surface area contributed by atoms with Gasteiger partial charge in [-0.05, 0) is 24.1 Å². The Morgan fingerprint density at radius 2 is 1.91 bits per heavy atom. The van der Waals surface area contributed by atoms with Crippen LogP contribution in [0.5, 0.6) is 0 Å². The van der Waals surface area contributed by atoms with Gasteiger partial charge in [-0.25, -0.2) is 8.78 Å². The van der Waals surface area contributed by atoms with E-state index in [1.807, 2.05) is 13.8 Å². The number of nitrogens with one attached hydrogen (secondary N) is 1. The number of halogens is 2. The number of benzene rings is 1. The van der Waals surface area contributed by atoms with Gasteiger partial charge in [0.1, 0.15) is 0 Å². The number of carbonyl (C=O) groups is 2. The van der Waals surface area contributed by atoms with Crippen LogP contribution < -0.4 is 5.32 Å². The first kappa shape index (κ1) is 18.2. The fourth-order valence-corrected chi connectivity index (χ4v) is 1.82. The molecule has 0 aliphatic heterocycles. The molecule has 0 bridgehead atoms. The van der Waals surface area contributed by atoms with Crippen molar-refractivity contribution in [2.24, 2.45) is 5.92 Å². The second kappa shape index (κ2) is 8.58. The average molecular weight is 313 g/mol. The normalized spacial score (nSPS) is 13.5. The van der Waals surface area contributed by atoms with Crippen molar-refractivity contribution in [3.05, 3.63) is 35.4 Å². The number of rotatable bonds is 8. The van der Waals surface area contributed by atoms with Crippen LogP contribution in [0.25, 0.3) is 0 Å². The van der Waals surface area contributed by atoms with E-state index in [2.05, 4.69) is 5.32 Å². The third kappa shape index (κ3) is 5.52. The Bertz CT molecular complexity index is 534. The monoisotopic (exact) mass is 313 g/mol. The number of hydrogen-bond acceptors (Lipinski definition) is 3. The summed E-state index contributed by atoms with van der Waals surface area (Å²) in [6.45, 7) is 3.95. The van der Waals surface area contributed by atoms with Crippen LogP contribution in [0.15, 0.2) is 18.2 Å². The highest BCUT2D eigenvalue weighted by Crippen LogP contribution is 2.11. The van der Waals surface area contributed by atoms with Gasteiger partial charge in [0.15, 0.2) is 17.4 Å². The Balaban J connectivity index is 2.40. The molecule has 4 nitrogen and oxygen atoms in total. The lowest BCUT2D eigenvalue weighted by molar-refractivity contribution is -0.121. The molecular weight excluding hydrogens is 292 g/mol. The number of amides is 1. The Kier molecular flexibility index (Phi) is 7.11. The van der Waals surface area contributed by atoms with E-state index in [-0.39, 0.29) is 36.8 Å². The highest BCUT2D eigenvalue weighted by Gasteiger charge is 2.15. The molecule has 2 unspecified atom stereocenters. The number of aliphatic hydroxyl groups is 1. The summed E-state index contributed by atoms with van der Waals surface area (Å²) in [4.78, 5) is 23.4. The summed E-state index contributed by atoms with van der Waals surface area (Å²) < 4.78 is 25.8. The fraction of sp³-hybridized carbons (Fsp3) is 0.500. The number of Topliss-reactive ketones (excluding diaryl/α,β-unsaturated/α-hetero) is 1. The van der Waals surface area contributed by atoms with Crippen molar-refractivity contribution in [3.63, 3.8) is 0 Å². The van der Waals surface area contributed by atoms with Gasteiger partial charge in [0.2, 0.25) is 5.91 Å². The van der Waals surface area contributed by atoms with Crippen LogP contribution in [0.2, 0.25) is 0 Å². The van der Waals surface area contributed by atoms with Crippen LogP contribution in [0.1, 0.15) is 43.5 Å². The maximum atomic E-state index is 13.0. The summed E-state index contributed by atoms with van der Waals surface area (Å²) in [5.74, 6) is -2.83. The van der Waals surface area contributed by atoms with Crippen molar-refractivity contribution < 1.29 is 23.5 Å². The van der Waals surface area contributed by atoms with Crippen molar-refractivity contribution in [1.82, 2.24) is 5.32 Å². The molecule has 1 rings (SSSR count). The number of aliphatic hydroxyl groups excluding tert-OH is 1. The van der Waals surface area contributed by atoms with Gasteiger partial charge in [-0.1, -0.05) is 20.3 Å². The third-order valence-electron chi connectivity index (χ3n) is 3.63. The topological polar surface area (TPSA) is 66.4 Å². The first-order chi connectivity index (χ1) is 10.3. The maximum absolute atomic E-state index is 13.0. The predicted molar refractivity (Wildman–Crippen MR) is 78.4 cm³/mol. The molecule has 2 atom stereocenters. The van der Waals surface area contributed by atoms with E-state index in [1.54, 1.807) is 0 Å². The minimum absolute atomic E-state index is 0.0336. The second-order valence-corrected chi connectivity index (χ2v) is 5.31. The van der Waals surface area contributed by atoms with Gasteiger partial charge in [0.05, 0.1) is 6.10 Å². The van der Waals surface area contributed by atoms with E-state index in [1.165, 1.54) is 6.07 Å². The summed E-state index contributed by atoms with van der Waals surface area (Å²) >= 11 is 0. The molecule has 0 heterocycles. The van der Waals surface area contributed by atoms with Crippen LogP contribution in [0, 0.1) is 17.6 Å². The minimum atomic E-state index is -1.09. The summed E-state index contributed by atoms with van der Waals surface area (Å²) in [6.07, 6.45) is 0.00314. The van der Waals surface area contributed by atoms with Crippen molar-refractivity contribution in [2.45, 2.75) is 39.2 Å². The van der Waals surface area contributed by atoms with Crippen LogP contribution >= 0.6 is 0 Å². The summed E-state index contributed by atoms with van der Waals surface area (Å²) in [5.41, 5.74) is 0.0336. The van der Waals surface area contributed by atoms with E-state index < -0.39 is 23.5 Å². The first-order valence-electron chi connectivity index (χ1n) is 7.28. The molecule has 22 heavy (non-hydrogen) atoms. The predicted octanol–water partition coefficient (Wildman–Crippen LogP) is 2.45. The standard InChI is InChI=1S/C16H21F2NO3/c1-3-10(2)15(21)9-19-16(22)7-6-14(20)11-4-5-12(17)13(18)8-11/h4-5,8,10,15,21H,3,6-7,9H2,1-2H3,(H,19,22). The smallest absolute Gasteiger partial charge is 0.220 e. The van der Waals surface area contributed by atoms with E-state index in [0.29, 0.717) is 0 Å². The molecule has 0 aliphatic carbocycles. The largest absolute Gasteiger partial charge is 0.391 e. The number of ketones is 1. The van der Waals surface area contributed by atoms with E-state index in [0.717, 1.165) is 18.6 Å². The van der Waals surface area contributed by atoms with E-state index >= 15 is 0 Å². The Morgan fingerprint density at radius 3 is 2.50 bits per heavy atom. The Morgan fingerprint density at radius 1 is 1.23 bits per heavy atom. The van der Waals surface area contributed by atoms with Crippen molar-refractivity contribution in [2.75, 3.05) is 6.54 Å². The lowest BCUT2D eigenvalue weighted by Crippen LogP contribution is -2.35. The van der Waals surface area contributed by atoms with Gasteiger partial charge in [0.25, 0.3) is 0 Å². The van der Waals surface area contributed by atoms with Crippen LogP contribution in [-0.2, 0) is 4.79 Å². The van der Waals surface area contributed by atoms with Crippen LogP contribution in [-0.4, -0.2) is 29.4 Å². The zero-order chi connectivity index (χ0) is 16.7. The zero-order valence-electron chi connectivity index (χ0n) is 12.7. The molecule has 122 valence electrons.